The SMILES string of the molecule is Cc1cc(O[C@@H]2CCN(C(=O)NCc3ccc(F)cc3)C2)nc(C)n1. The highest BCUT2D eigenvalue weighted by Crippen LogP contribution is 2.17. The molecule has 1 saturated heterocycles. The zero-order chi connectivity index (χ0) is 17.8. The maximum Gasteiger partial charge on any atom is 0.317 e. The fraction of sp³-hybridized carbons (Fsp3) is 0.389. The Bertz CT molecular complexity index is 731. The van der Waals surface area contributed by atoms with Gasteiger partial charge in [-0.1, -0.05) is 12.1 Å². The van der Waals surface area contributed by atoms with Crippen LogP contribution in [-0.4, -0.2) is 40.1 Å². The number of hydrogen-bond donors (Lipinski definition) is 1. The van der Waals surface area contributed by atoms with Gasteiger partial charge >= 0.3 is 6.03 Å². The summed E-state index contributed by atoms with van der Waals surface area (Å²) in [7, 11) is 0. The molecule has 0 radical (unpaired) electrons. The van der Waals surface area contributed by atoms with Crippen LogP contribution in [-0.2, 0) is 6.54 Å². The van der Waals surface area contributed by atoms with E-state index in [1.54, 1.807) is 23.1 Å². The molecule has 1 aliphatic rings. The van der Waals surface area contributed by atoms with Gasteiger partial charge in [-0.25, -0.2) is 14.2 Å². The minimum atomic E-state index is -0.287. The van der Waals surface area contributed by atoms with E-state index in [1.165, 1.54) is 12.1 Å². The number of nitrogens with zero attached hydrogens (tertiary/aromatic N) is 3. The molecule has 25 heavy (non-hydrogen) atoms. The first-order valence-corrected chi connectivity index (χ1v) is 8.26. The highest BCUT2D eigenvalue weighted by atomic mass is 19.1. The number of carbonyl (C=O) groups excluding carboxylic acids is 1. The third kappa shape index (κ3) is 4.65. The van der Waals surface area contributed by atoms with Crippen LogP contribution in [0.5, 0.6) is 5.88 Å². The van der Waals surface area contributed by atoms with Crippen molar-refractivity contribution < 1.29 is 13.9 Å². The number of rotatable bonds is 4. The van der Waals surface area contributed by atoms with Gasteiger partial charge in [-0.05, 0) is 31.5 Å². The van der Waals surface area contributed by atoms with Gasteiger partial charge in [-0.3, -0.25) is 0 Å². The molecule has 2 aromatic rings. The fourth-order valence-electron chi connectivity index (χ4n) is 2.81. The number of halogens is 1. The minimum absolute atomic E-state index is 0.0785. The van der Waals surface area contributed by atoms with Gasteiger partial charge < -0.3 is 15.0 Å². The molecule has 2 amide bonds. The van der Waals surface area contributed by atoms with Crippen LogP contribution in [0, 0.1) is 19.7 Å². The summed E-state index contributed by atoms with van der Waals surface area (Å²) in [4.78, 5) is 22.5. The molecule has 3 rings (SSSR count). The van der Waals surface area contributed by atoms with Crippen molar-refractivity contribution in [3.8, 4) is 5.88 Å². The molecule has 1 aromatic heterocycles. The lowest BCUT2D eigenvalue weighted by atomic mass is 10.2. The molecular weight excluding hydrogens is 323 g/mol. The number of likely N-dealkylation sites (tertiary alicyclic amines) is 1. The molecular formula is C18H21FN4O2. The Labute approximate surface area is 146 Å². The summed E-state index contributed by atoms with van der Waals surface area (Å²) in [6, 6.07) is 7.73. The predicted molar refractivity (Wildman–Crippen MR) is 90.7 cm³/mol. The van der Waals surface area contributed by atoms with Crippen LogP contribution in [0.15, 0.2) is 30.3 Å². The van der Waals surface area contributed by atoms with E-state index in [0.717, 1.165) is 17.7 Å². The molecule has 0 saturated carbocycles. The maximum atomic E-state index is 12.9. The van der Waals surface area contributed by atoms with Crippen molar-refractivity contribution in [2.24, 2.45) is 0 Å². The largest absolute Gasteiger partial charge is 0.472 e. The number of ether oxygens (including phenoxy) is 1. The second kappa shape index (κ2) is 7.46. The summed E-state index contributed by atoms with van der Waals surface area (Å²) in [6.07, 6.45) is 0.678. The molecule has 6 nitrogen and oxygen atoms in total. The van der Waals surface area contributed by atoms with Crippen molar-refractivity contribution in [1.29, 1.82) is 0 Å². The molecule has 7 heteroatoms. The summed E-state index contributed by atoms with van der Waals surface area (Å²) >= 11 is 0. The van der Waals surface area contributed by atoms with Gasteiger partial charge in [0.05, 0.1) is 6.54 Å². The second-order valence-electron chi connectivity index (χ2n) is 6.15. The third-order valence-corrected chi connectivity index (χ3v) is 4.02. The average Bonchev–Trinajstić information content (AvgIpc) is 3.01. The monoisotopic (exact) mass is 344 g/mol. The van der Waals surface area contributed by atoms with Crippen molar-refractivity contribution in [2.45, 2.75) is 32.9 Å². The van der Waals surface area contributed by atoms with Crippen molar-refractivity contribution in [3.63, 3.8) is 0 Å². The van der Waals surface area contributed by atoms with E-state index in [1.807, 2.05) is 13.8 Å². The normalized spacial score (nSPS) is 16.8. The number of amides is 2. The first kappa shape index (κ1) is 17.1. The summed E-state index contributed by atoms with van der Waals surface area (Å²) in [5, 5.41) is 2.85. The summed E-state index contributed by atoms with van der Waals surface area (Å²) < 4.78 is 18.8. The summed E-state index contributed by atoms with van der Waals surface area (Å²) in [5.41, 5.74) is 1.71. The van der Waals surface area contributed by atoms with E-state index >= 15 is 0 Å². The fourth-order valence-corrected chi connectivity index (χ4v) is 2.81. The van der Waals surface area contributed by atoms with Crippen LogP contribution in [0.1, 0.15) is 23.5 Å². The van der Waals surface area contributed by atoms with Crippen LogP contribution < -0.4 is 10.1 Å². The van der Waals surface area contributed by atoms with E-state index in [9.17, 15) is 9.18 Å². The Morgan fingerprint density at radius 1 is 1.32 bits per heavy atom. The van der Waals surface area contributed by atoms with E-state index in [0.29, 0.717) is 31.3 Å². The molecule has 0 unspecified atom stereocenters. The van der Waals surface area contributed by atoms with Crippen molar-refractivity contribution in [2.75, 3.05) is 13.1 Å². The Hall–Kier alpha value is -2.70. The van der Waals surface area contributed by atoms with Gasteiger partial charge in [-0.2, -0.15) is 4.98 Å². The van der Waals surface area contributed by atoms with Crippen molar-refractivity contribution in [3.05, 3.63) is 53.2 Å². The molecule has 2 heterocycles. The number of hydrogen-bond acceptors (Lipinski definition) is 4. The Balaban J connectivity index is 1.49. The number of benzene rings is 1. The first-order valence-electron chi connectivity index (χ1n) is 8.26. The number of carbonyl (C=O) groups is 1. The summed E-state index contributed by atoms with van der Waals surface area (Å²) in [5.74, 6) is 0.926. The lowest BCUT2D eigenvalue weighted by molar-refractivity contribution is 0.182. The average molecular weight is 344 g/mol. The minimum Gasteiger partial charge on any atom is -0.472 e. The van der Waals surface area contributed by atoms with Gasteiger partial charge in [0, 0.05) is 31.3 Å². The Morgan fingerprint density at radius 3 is 2.80 bits per heavy atom. The lowest BCUT2D eigenvalue weighted by Crippen LogP contribution is -2.39. The standard InChI is InChI=1S/C18H21FN4O2/c1-12-9-17(22-13(2)21-12)25-16-7-8-23(11-16)18(24)20-10-14-3-5-15(19)6-4-14/h3-6,9,16H,7-8,10-11H2,1-2H3,(H,20,24)/t16-/m1/s1. The topological polar surface area (TPSA) is 67.3 Å². The van der Waals surface area contributed by atoms with Crippen LogP contribution in [0.25, 0.3) is 0 Å². The van der Waals surface area contributed by atoms with E-state index < -0.39 is 0 Å². The van der Waals surface area contributed by atoms with Crippen LogP contribution in [0.3, 0.4) is 0 Å². The molecule has 1 fully saturated rings. The van der Waals surface area contributed by atoms with Crippen molar-refractivity contribution >= 4 is 6.03 Å². The maximum absolute atomic E-state index is 12.9. The quantitative estimate of drug-likeness (QED) is 0.926. The predicted octanol–water partition coefficient (Wildman–Crippen LogP) is 2.60. The zero-order valence-corrected chi connectivity index (χ0v) is 14.3. The first-order chi connectivity index (χ1) is 12.0. The number of aromatic nitrogens is 2. The molecule has 1 aliphatic heterocycles. The van der Waals surface area contributed by atoms with E-state index in [4.69, 9.17) is 4.74 Å². The molecule has 0 spiro atoms. The van der Waals surface area contributed by atoms with Gasteiger partial charge in [0.1, 0.15) is 17.7 Å². The summed E-state index contributed by atoms with van der Waals surface area (Å²) in [6.45, 7) is 5.22. The smallest absolute Gasteiger partial charge is 0.317 e. The molecule has 1 aromatic carbocycles. The Kier molecular flexibility index (Phi) is 5.11. The van der Waals surface area contributed by atoms with Crippen LogP contribution in [0.4, 0.5) is 9.18 Å². The Morgan fingerprint density at radius 2 is 2.08 bits per heavy atom. The number of nitrogens with one attached hydrogen (secondary N) is 1. The van der Waals surface area contributed by atoms with Gasteiger partial charge in [0.25, 0.3) is 0 Å². The van der Waals surface area contributed by atoms with Crippen LogP contribution >= 0.6 is 0 Å². The molecule has 1 N–H and O–H groups in total. The van der Waals surface area contributed by atoms with E-state index in [-0.39, 0.29) is 18.0 Å². The molecule has 1 atom stereocenters. The van der Waals surface area contributed by atoms with Gasteiger partial charge in [-0.15, -0.1) is 0 Å². The van der Waals surface area contributed by atoms with Crippen molar-refractivity contribution in [1.82, 2.24) is 20.2 Å². The van der Waals surface area contributed by atoms with Gasteiger partial charge in [0.2, 0.25) is 5.88 Å². The third-order valence-electron chi connectivity index (χ3n) is 4.02. The van der Waals surface area contributed by atoms with E-state index in [2.05, 4.69) is 15.3 Å². The molecule has 0 aliphatic carbocycles. The number of urea groups is 1. The highest BCUT2D eigenvalue weighted by molar-refractivity contribution is 5.74. The van der Waals surface area contributed by atoms with Crippen LogP contribution in [0.2, 0.25) is 0 Å². The number of aryl methyl sites for hydroxylation is 2. The van der Waals surface area contributed by atoms with Gasteiger partial charge in [0.15, 0.2) is 0 Å². The second-order valence-corrected chi connectivity index (χ2v) is 6.15. The lowest BCUT2D eigenvalue weighted by Gasteiger charge is -2.18. The molecule has 0 bridgehead atoms. The highest BCUT2D eigenvalue weighted by Gasteiger charge is 2.27. The molecule has 132 valence electrons. The zero-order valence-electron chi connectivity index (χ0n) is 14.3.